The number of nitrogens with zero attached hydrogens (tertiary/aromatic N) is 6. The molecule has 0 aliphatic carbocycles. The summed E-state index contributed by atoms with van der Waals surface area (Å²) >= 11 is 1.06. The van der Waals surface area contributed by atoms with Crippen molar-refractivity contribution in [3.63, 3.8) is 0 Å². The molecule has 10 nitrogen and oxygen atoms in total. The molecule has 6 rings (SSSR count). The zero-order valence-electron chi connectivity index (χ0n) is 21.1. The second-order valence-electron chi connectivity index (χ2n) is 9.15. The summed E-state index contributed by atoms with van der Waals surface area (Å²) in [5, 5.41) is 20.2. The molecular weight excluding hydrogens is 528 g/mol. The van der Waals surface area contributed by atoms with E-state index in [-0.39, 0.29) is 22.8 Å². The van der Waals surface area contributed by atoms with E-state index in [1.165, 1.54) is 12.1 Å². The first-order chi connectivity index (χ1) is 19.4. The molecule has 3 heterocycles. The molecule has 0 amide bonds. The molecule has 0 saturated carbocycles. The van der Waals surface area contributed by atoms with Crippen LogP contribution in [0.3, 0.4) is 0 Å². The summed E-state index contributed by atoms with van der Waals surface area (Å²) in [6, 6.07) is 23.3. The van der Waals surface area contributed by atoms with Gasteiger partial charge in [-0.25, -0.2) is 4.68 Å². The van der Waals surface area contributed by atoms with Crippen molar-refractivity contribution in [2.75, 3.05) is 0 Å². The number of hydrogen-bond acceptors (Lipinski definition) is 8. The summed E-state index contributed by atoms with van der Waals surface area (Å²) in [6.07, 6.45) is 3.72. The molecule has 0 bridgehead atoms. The lowest BCUT2D eigenvalue weighted by Crippen LogP contribution is -2.28. The van der Waals surface area contributed by atoms with Crippen LogP contribution < -0.4 is 15.7 Å². The van der Waals surface area contributed by atoms with Gasteiger partial charge in [-0.2, -0.15) is 19.7 Å². The summed E-state index contributed by atoms with van der Waals surface area (Å²) in [7, 11) is 0. The highest BCUT2D eigenvalue weighted by Gasteiger charge is 2.16. The average Bonchev–Trinajstić information content (AvgIpc) is 3.51. The van der Waals surface area contributed by atoms with E-state index in [1.54, 1.807) is 29.1 Å². The fraction of sp³-hybridized carbons (Fsp3) is 0.0690. The topological polar surface area (TPSA) is 125 Å². The molecule has 11 heteroatoms. The Morgan fingerprint density at radius 2 is 1.68 bits per heavy atom. The molecule has 0 saturated heterocycles. The first-order valence-electron chi connectivity index (χ1n) is 12.3. The average molecular weight is 549 g/mol. The number of aromatic nitrogens is 5. The van der Waals surface area contributed by atoms with Gasteiger partial charge in [0.05, 0.1) is 15.1 Å². The molecule has 0 radical (unpaired) electrons. The van der Waals surface area contributed by atoms with Gasteiger partial charge in [0.1, 0.15) is 11.4 Å². The van der Waals surface area contributed by atoms with Crippen molar-refractivity contribution >= 4 is 28.1 Å². The van der Waals surface area contributed by atoms with Gasteiger partial charge in [-0.1, -0.05) is 59.4 Å². The maximum Gasteiger partial charge on any atom is 0.296 e. The van der Waals surface area contributed by atoms with Gasteiger partial charge in [-0.3, -0.25) is 19.7 Å². The predicted molar refractivity (Wildman–Crippen MR) is 152 cm³/mol. The van der Waals surface area contributed by atoms with Crippen LogP contribution in [0.4, 0.5) is 5.69 Å². The molecule has 0 fully saturated rings. The molecule has 0 aliphatic heterocycles. The highest BCUT2D eigenvalue weighted by Crippen LogP contribution is 2.26. The van der Waals surface area contributed by atoms with Crippen molar-refractivity contribution in [3.05, 3.63) is 143 Å². The van der Waals surface area contributed by atoms with Gasteiger partial charge in [0.25, 0.3) is 16.8 Å². The zero-order chi connectivity index (χ0) is 27.8. The van der Waals surface area contributed by atoms with E-state index in [0.29, 0.717) is 21.4 Å². The quantitative estimate of drug-likeness (QED) is 0.229. The molecule has 196 valence electrons. The monoisotopic (exact) mass is 548 g/mol. The zero-order valence-corrected chi connectivity index (χ0v) is 21.9. The molecule has 40 heavy (non-hydrogen) atoms. The van der Waals surface area contributed by atoms with Crippen LogP contribution in [0.1, 0.15) is 22.4 Å². The Labute approximate surface area is 230 Å². The number of benzene rings is 3. The minimum absolute atomic E-state index is 0.0356. The van der Waals surface area contributed by atoms with Crippen LogP contribution >= 0.6 is 11.3 Å². The van der Waals surface area contributed by atoms with Gasteiger partial charge in [0, 0.05) is 35.9 Å². The van der Waals surface area contributed by atoms with E-state index in [2.05, 4.69) is 10.1 Å². The van der Waals surface area contributed by atoms with E-state index in [4.69, 9.17) is 5.10 Å². The molecule has 0 spiro atoms. The minimum Gasteiger partial charge on any atom is -0.266 e. The van der Waals surface area contributed by atoms with Crippen molar-refractivity contribution < 1.29 is 4.92 Å². The smallest absolute Gasteiger partial charge is 0.266 e. The third-order valence-electron chi connectivity index (χ3n) is 6.34. The lowest BCUT2D eigenvalue weighted by molar-refractivity contribution is -0.384. The molecule has 3 aromatic carbocycles. The molecule has 3 aromatic heterocycles. The SMILES string of the molecule is Cc1ccc(Cc2nn3c(=O)c(=Cc4cn(-c5ccccc5)nc4-c4ccc([N+](=O)[O-])cc4)sc3nc2=O)cc1. The Balaban J connectivity index is 1.47. The molecule has 0 N–H and O–H groups in total. The standard InChI is InChI=1S/C29H20N6O4S/c1-18-7-9-19(10-8-18)15-24-27(36)30-29-34(31-24)28(37)25(40-29)16-21-17-33(22-5-3-2-4-6-22)32-26(21)20-11-13-23(14-12-20)35(38)39/h2-14,16-17H,15H2,1H3. The third-order valence-corrected chi connectivity index (χ3v) is 7.30. The number of nitro benzene ring substituents is 1. The van der Waals surface area contributed by atoms with Crippen LogP contribution in [-0.2, 0) is 6.42 Å². The van der Waals surface area contributed by atoms with Crippen molar-refractivity contribution in [1.82, 2.24) is 24.4 Å². The maximum absolute atomic E-state index is 13.4. The lowest BCUT2D eigenvalue weighted by Gasteiger charge is -2.01. The van der Waals surface area contributed by atoms with Crippen molar-refractivity contribution in [2.45, 2.75) is 13.3 Å². The Morgan fingerprint density at radius 3 is 2.38 bits per heavy atom. The van der Waals surface area contributed by atoms with E-state index in [0.717, 1.165) is 32.7 Å². The summed E-state index contributed by atoms with van der Waals surface area (Å²) < 4.78 is 3.16. The van der Waals surface area contributed by atoms with Crippen LogP contribution in [0.2, 0.25) is 0 Å². The Morgan fingerprint density at radius 1 is 0.950 bits per heavy atom. The number of non-ortho nitro benzene ring substituents is 1. The molecule has 0 atom stereocenters. The fourth-order valence-electron chi connectivity index (χ4n) is 4.26. The van der Waals surface area contributed by atoms with Crippen LogP contribution in [0.25, 0.3) is 28.0 Å². The maximum atomic E-state index is 13.4. The van der Waals surface area contributed by atoms with Gasteiger partial charge in [0.2, 0.25) is 4.96 Å². The largest absolute Gasteiger partial charge is 0.296 e. The number of para-hydroxylation sites is 1. The minimum atomic E-state index is -0.475. The van der Waals surface area contributed by atoms with Gasteiger partial charge in [0.15, 0.2) is 0 Å². The van der Waals surface area contributed by atoms with E-state index in [1.807, 2.05) is 61.5 Å². The third kappa shape index (κ3) is 4.81. The highest BCUT2D eigenvalue weighted by molar-refractivity contribution is 7.15. The summed E-state index contributed by atoms with van der Waals surface area (Å²) in [4.78, 5) is 41.1. The number of aryl methyl sites for hydroxylation is 1. The van der Waals surface area contributed by atoms with Gasteiger partial charge in [-0.05, 0) is 42.8 Å². The van der Waals surface area contributed by atoms with Gasteiger partial charge < -0.3 is 0 Å². The van der Waals surface area contributed by atoms with Crippen LogP contribution in [0.5, 0.6) is 0 Å². The Bertz CT molecular complexity index is 2050. The number of nitro groups is 1. The summed E-state index contributed by atoms with van der Waals surface area (Å²) in [5.41, 5.74) is 3.87. The Kier molecular flexibility index (Phi) is 6.33. The first kappa shape index (κ1) is 25.0. The number of hydrogen-bond donors (Lipinski definition) is 0. The van der Waals surface area contributed by atoms with Crippen molar-refractivity contribution in [3.8, 4) is 16.9 Å². The van der Waals surface area contributed by atoms with Gasteiger partial charge >= 0.3 is 0 Å². The van der Waals surface area contributed by atoms with E-state index in [9.17, 15) is 19.7 Å². The fourth-order valence-corrected chi connectivity index (χ4v) is 5.16. The van der Waals surface area contributed by atoms with E-state index >= 15 is 0 Å². The Hall–Kier alpha value is -5.29. The second kappa shape index (κ2) is 10.1. The van der Waals surface area contributed by atoms with Crippen molar-refractivity contribution in [2.24, 2.45) is 0 Å². The second-order valence-corrected chi connectivity index (χ2v) is 10.2. The summed E-state index contributed by atoms with van der Waals surface area (Å²) in [5.74, 6) is 0. The van der Waals surface area contributed by atoms with Gasteiger partial charge in [-0.15, -0.1) is 0 Å². The predicted octanol–water partition coefficient (Wildman–Crippen LogP) is 3.72. The number of fused-ring (bicyclic) bond motifs is 1. The molecule has 6 aromatic rings. The van der Waals surface area contributed by atoms with Crippen molar-refractivity contribution in [1.29, 1.82) is 0 Å². The molecule has 0 unspecified atom stereocenters. The highest BCUT2D eigenvalue weighted by atomic mass is 32.1. The van der Waals surface area contributed by atoms with Crippen LogP contribution in [-0.4, -0.2) is 29.3 Å². The molecule has 0 aliphatic rings. The lowest BCUT2D eigenvalue weighted by atomic mass is 10.1. The first-order valence-corrected chi connectivity index (χ1v) is 13.1. The summed E-state index contributed by atoms with van der Waals surface area (Å²) in [6.45, 7) is 1.98. The van der Waals surface area contributed by atoms with Crippen LogP contribution in [0, 0.1) is 17.0 Å². The van der Waals surface area contributed by atoms with E-state index < -0.39 is 16.0 Å². The normalized spacial score (nSPS) is 11.8. The molecular formula is C29H20N6O4S. The number of thiazole rings is 1. The number of rotatable bonds is 6. The van der Waals surface area contributed by atoms with Crippen LogP contribution in [0.15, 0.2) is 94.6 Å².